The lowest BCUT2D eigenvalue weighted by Gasteiger charge is -2.28. The zero-order valence-corrected chi connectivity index (χ0v) is 21.4. The molecule has 0 unspecified atom stereocenters. The van der Waals surface area contributed by atoms with Crippen LogP contribution < -0.4 is 4.72 Å². The predicted molar refractivity (Wildman–Crippen MR) is 126 cm³/mol. The van der Waals surface area contributed by atoms with Gasteiger partial charge < -0.3 is 14.7 Å². The molecular formula is C22H30F3N2O6S2+. The van der Waals surface area contributed by atoms with Gasteiger partial charge in [0.1, 0.15) is 4.21 Å². The SMILES string of the molecule is Cc1cccc(CCc2ccc(S(=O)(=O)N[C@H](CC(=O)O)C[N+](C)(C)C)s2)c1.O=C(O)C(F)(F)F. The number of quaternary nitrogens is 1. The quantitative estimate of drug-likeness (QED) is 0.399. The molecule has 3 N–H and O–H groups in total. The minimum absolute atomic E-state index is 0.226. The van der Waals surface area contributed by atoms with Gasteiger partial charge in [0.25, 0.3) is 10.0 Å². The first-order chi connectivity index (χ1) is 15.9. The molecule has 1 atom stereocenters. The maximum Gasteiger partial charge on any atom is 0.490 e. The minimum atomic E-state index is -5.08. The van der Waals surface area contributed by atoms with Crippen molar-refractivity contribution < 1.29 is 45.9 Å². The van der Waals surface area contributed by atoms with Crippen molar-refractivity contribution >= 4 is 33.3 Å². The third kappa shape index (κ3) is 12.2. The van der Waals surface area contributed by atoms with Gasteiger partial charge in [-0.05, 0) is 37.5 Å². The average Bonchev–Trinajstić information content (AvgIpc) is 3.14. The lowest BCUT2D eigenvalue weighted by atomic mass is 10.1. The Labute approximate surface area is 206 Å². The summed E-state index contributed by atoms with van der Waals surface area (Å²) in [4.78, 5) is 21.0. The first kappa shape index (κ1) is 30.6. The summed E-state index contributed by atoms with van der Waals surface area (Å²) in [7, 11) is 1.95. The first-order valence-corrected chi connectivity index (χ1v) is 12.7. The monoisotopic (exact) mass is 539 g/mol. The second kappa shape index (κ2) is 12.5. The van der Waals surface area contributed by atoms with Crippen LogP contribution in [-0.2, 0) is 32.5 Å². The summed E-state index contributed by atoms with van der Waals surface area (Å²) < 4.78 is 60.5. The van der Waals surface area contributed by atoms with Crippen molar-refractivity contribution in [3.8, 4) is 0 Å². The third-order valence-corrected chi connectivity index (χ3v) is 7.56. The molecule has 13 heteroatoms. The standard InChI is InChI=1S/C20H28N2O4S2.C2HF3O2/c1-15-6-5-7-16(12-15)8-9-18-10-11-20(27-18)28(25,26)21-17(13-19(23)24)14-22(2,3)4;3-2(4,5)1(6)7/h5-7,10-12,17,21H,8-9,13-14H2,1-4H3;(H,6,7)/p+1/t17-;/m1./s1. The lowest BCUT2D eigenvalue weighted by molar-refractivity contribution is -0.871. The average molecular weight is 540 g/mol. The number of nitrogens with zero attached hydrogens (tertiary/aromatic N) is 1. The second-order valence-corrected chi connectivity index (χ2v) is 12.0. The van der Waals surface area contributed by atoms with Crippen LogP contribution in [0.3, 0.4) is 0 Å². The van der Waals surface area contributed by atoms with Crippen LogP contribution >= 0.6 is 11.3 Å². The van der Waals surface area contributed by atoms with Crippen molar-refractivity contribution in [1.29, 1.82) is 0 Å². The van der Waals surface area contributed by atoms with E-state index >= 15 is 0 Å². The van der Waals surface area contributed by atoms with Crippen molar-refractivity contribution in [2.24, 2.45) is 0 Å². The largest absolute Gasteiger partial charge is 0.490 e. The molecule has 35 heavy (non-hydrogen) atoms. The molecule has 0 aliphatic heterocycles. The van der Waals surface area contributed by atoms with Gasteiger partial charge in [0.2, 0.25) is 0 Å². The number of hydrogen-bond acceptors (Lipinski definition) is 5. The van der Waals surface area contributed by atoms with Gasteiger partial charge in [-0.1, -0.05) is 29.8 Å². The van der Waals surface area contributed by atoms with E-state index < -0.39 is 34.2 Å². The summed E-state index contributed by atoms with van der Waals surface area (Å²) in [6.45, 7) is 2.44. The fourth-order valence-electron chi connectivity index (χ4n) is 3.07. The number of hydrogen-bond donors (Lipinski definition) is 3. The Bertz CT molecular complexity index is 1110. The van der Waals surface area contributed by atoms with Crippen molar-refractivity contribution in [1.82, 2.24) is 4.72 Å². The number of nitrogens with one attached hydrogen (secondary N) is 1. The molecule has 0 saturated carbocycles. The molecule has 1 aromatic carbocycles. The number of carboxylic acids is 2. The smallest absolute Gasteiger partial charge is 0.481 e. The number of rotatable bonds is 10. The van der Waals surface area contributed by atoms with Gasteiger partial charge >= 0.3 is 18.1 Å². The number of thiophene rings is 1. The molecule has 8 nitrogen and oxygen atoms in total. The van der Waals surface area contributed by atoms with Crippen LogP contribution in [0.15, 0.2) is 40.6 Å². The molecule has 0 saturated heterocycles. The number of carboxylic acid groups (broad SMARTS) is 2. The van der Waals surface area contributed by atoms with E-state index in [-0.39, 0.29) is 10.6 Å². The zero-order valence-electron chi connectivity index (χ0n) is 19.8. The number of halogens is 3. The lowest BCUT2D eigenvalue weighted by Crippen LogP contribution is -2.49. The highest BCUT2D eigenvalue weighted by atomic mass is 32.2. The number of sulfonamides is 1. The highest BCUT2D eigenvalue weighted by molar-refractivity contribution is 7.91. The molecule has 196 valence electrons. The fraction of sp³-hybridized carbons (Fsp3) is 0.455. The molecule has 0 aliphatic rings. The molecular weight excluding hydrogens is 509 g/mol. The fourth-order valence-corrected chi connectivity index (χ4v) is 5.66. The van der Waals surface area contributed by atoms with Crippen LogP contribution in [0.1, 0.15) is 22.4 Å². The summed E-state index contributed by atoms with van der Waals surface area (Å²) in [6, 6.07) is 11.0. The van der Waals surface area contributed by atoms with Crippen molar-refractivity contribution in [2.75, 3.05) is 27.7 Å². The number of likely N-dealkylation sites (N-methyl/N-ethyl adjacent to an activating group) is 1. The van der Waals surface area contributed by atoms with Gasteiger partial charge in [-0.2, -0.15) is 13.2 Å². The summed E-state index contributed by atoms with van der Waals surface area (Å²) in [6.07, 6.45) is -3.72. The van der Waals surface area contributed by atoms with E-state index in [1.54, 1.807) is 6.07 Å². The van der Waals surface area contributed by atoms with E-state index in [0.29, 0.717) is 11.0 Å². The Hall–Kier alpha value is -2.48. The van der Waals surface area contributed by atoms with E-state index in [1.165, 1.54) is 22.5 Å². The number of aryl methyl sites for hydroxylation is 3. The zero-order chi connectivity index (χ0) is 27.0. The van der Waals surface area contributed by atoms with Crippen molar-refractivity contribution in [3.63, 3.8) is 0 Å². The van der Waals surface area contributed by atoms with Gasteiger partial charge in [-0.25, -0.2) is 17.9 Å². The number of aliphatic carboxylic acids is 2. The topological polar surface area (TPSA) is 121 Å². The van der Waals surface area contributed by atoms with Gasteiger partial charge in [0.15, 0.2) is 0 Å². The van der Waals surface area contributed by atoms with Crippen LogP contribution in [0.4, 0.5) is 13.2 Å². The van der Waals surface area contributed by atoms with Gasteiger partial charge in [0.05, 0.1) is 40.2 Å². The molecule has 0 bridgehead atoms. The first-order valence-electron chi connectivity index (χ1n) is 10.4. The maximum atomic E-state index is 12.7. The summed E-state index contributed by atoms with van der Waals surface area (Å²) in [5.74, 6) is -3.78. The van der Waals surface area contributed by atoms with Crippen molar-refractivity contribution in [3.05, 3.63) is 52.4 Å². The number of carbonyl (C=O) groups is 2. The maximum absolute atomic E-state index is 12.7. The van der Waals surface area contributed by atoms with Crippen LogP contribution in [0.5, 0.6) is 0 Å². The molecule has 1 heterocycles. The minimum Gasteiger partial charge on any atom is -0.481 e. The third-order valence-electron chi connectivity index (χ3n) is 4.40. The Balaban J connectivity index is 0.000000762. The van der Waals surface area contributed by atoms with Crippen LogP contribution in [-0.4, -0.2) is 75.0 Å². The molecule has 0 radical (unpaired) electrons. The number of benzene rings is 1. The van der Waals surface area contributed by atoms with Crippen LogP contribution in [0, 0.1) is 6.92 Å². The van der Waals surface area contributed by atoms with E-state index in [2.05, 4.69) is 29.8 Å². The van der Waals surface area contributed by atoms with Gasteiger partial charge in [-0.15, -0.1) is 11.3 Å². The Morgan fingerprint density at radius 2 is 1.69 bits per heavy atom. The molecule has 2 aromatic rings. The normalized spacial score (nSPS) is 13.0. The number of alkyl halides is 3. The predicted octanol–water partition coefficient (Wildman–Crippen LogP) is 3.30. The molecule has 0 amide bonds. The Morgan fingerprint density at radius 1 is 1.09 bits per heavy atom. The van der Waals surface area contributed by atoms with Gasteiger partial charge in [-0.3, -0.25) is 4.79 Å². The molecule has 0 aliphatic carbocycles. The van der Waals surface area contributed by atoms with Crippen LogP contribution in [0.25, 0.3) is 0 Å². The Morgan fingerprint density at radius 3 is 2.17 bits per heavy atom. The van der Waals surface area contributed by atoms with Crippen LogP contribution in [0.2, 0.25) is 0 Å². The van der Waals surface area contributed by atoms with Crippen molar-refractivity contribution in [2.45, 2.75) is 42.6 Å². The van der Waals surface area contributed by atoms with E-state index in [4.69, 9.17) is 15.0 Å². The molecule has 2 rings (SSSR count). The Kier molecular flexibility index (Phi) is 10.9. The summed E-state index contributed by atoms with van der Waals surface area (Å²) in [5.41, 5.74) is 2.43. The highest BCUT2D eigenvalue weighted by Gasteiger charge is 2.38. The summed E-state index contributed by atoms with van der Waals surface area (Å²) >= 11 is 1.24. The second-order valence-electron chi connectivity index (χ2n) is 8.90. The van der Waals surface area contributed by atoms with E-state index in [9.17, 15) is 26.4 Å². The molecule has 1 aromatic heterocycles. The van der Waals surface area contributed by atoms with Gasteiger partial charge in [0, 0.05) is 4.88 Å². The highest BCUT2D eigenvalue weighted by Crippen LogP contribution is 2.24. The van der Waals surface area contributed by atoms with E-state index in [0.717, 1.165) is 17.7 Å². The van der Waals surface area contributed by atoms with E-state index in [1.807, 2.05) is 33.3 Å². The molecule has 0 fully saturated rings. The summed E-state index contributed by atoms with van der Waals surface area (Å²) in [5, 5.41) is 16.2. The molecule has 0 spiro atoms.